The van der Waals surface area contributed by atoms with E-state index >= 15 is 0 Å². The van der Waals surface area contributed by atoms with Crippen LogP contribution in [0.15, 0.2) is 24.4 Å². The first-order valence-electron chi connectivity index (χ1n) is 4.45. The van der Waals surface area contributed by atoms with Crippen LogP contribution in [0, 0.1) is 5.82 Å². The number of carbonyl (C=O) groups excluding carboxylic acids is 1. The molecule has 0 N–H and O–H groups in total. The van der Waals surface area contributed by atoms with Crippen LogP contribution in [-0.4, -0.2) is 18.1 Å². The Bertz CT molecular complexity index is 571. The van der Waals surface area contributed by atoms with Crippen molar-refractivity contribution in [2.24, 2.45) is 0 Å². The minimum Gasteiger partial charge on any atom is -0.465 e. The van der Waals surface area contributed by atoms with Gasteiger partial charge in [-0.2, -0.15) is 0 Å². The number of carbonyl (C=O) groups is 1. The molecule has 0 atom stereocenters. The molecule has 1 aromatic carbocycles. The van der Waals surface area contributed by atoms with Crippen LogP contribution in [0.2, 0.25) is 5.02 Å². The van der Waals surface area contributed by atoms with Gasteiger partial charge in [-0.3, -0.25) is 4.98 Å². The Labute approximate surface area is 95.8 Å². The average molecular weight is 240 g/mol. The van der Waals surface area contributed by atoms with Crippen molar-refractivity contribution >= 4 is 28.5 Å². The molecule has 0 saturated carbocycles. The lowest BCUT2D eigenvalue weighted by Gasteiger charge is -2.05. The smallest absolute Gasteiger partial charge is 0.338 e. The summed E-state index contributed by atoms with van der Waals surface area (Å²) >= 11 is 5.88. The largest absolute Gasteiger partial charge is 0.465 e. The van der Waals surface area contributed by atoms with Crippen molar-refractivity contribution < 1.29 is 13.9 Å². The van der Waals surface area contributed by atoms with E-state index in [-0.39, 0.29) is 10.6 Å². The second-order valence-electron chi connectivity index (χ2n) is 3.13. The van der Waals surface area contributed by atoms with E-state index in [1.165, 1.54) is 25.4 Å². The molecule has 3 nitrogen and oxygen atoms in total. The molecular weight excluding hydrogens is 233 g/mol. The Morgan fingerprint density at radius 1 is 1.50 bits per heavy atom. The number of ether oxygens (including phenoxy) is 1. The minimum absolute atomic E-state index is 0.142. The van der Waals surface area contributed by atoms with Gasteiger partial charge in [-0.05, 0) is 12.1 Å². The molecule has 0 radical (unpaired) electrons. The Morgan fingerprint density at radius 3 is 2.94 bits per heavy atom. The third-order valence-electron chi connectivity index (χ3n) is 2.16. The Kier molecular flexibility index (Phi) is 2.75. The molecule has 5 heteroatoms. The fourth-order valence-electron chi connectivity index (χ4n) is 1.48. The van der Waals surface area contributed by atoms with Gasteiger partial charge in [-0.15, -0.1) is 0 Å². The molecule has 0 spiro atoms. The molecule has 2 aromatic rings. The van der Waals surface area contributed by atoms with E-state index in [2.05, 4.69) is 9.72 Å². The number of hydrogen-bond acceptors (Lipinski definition) is 3. The average Bonchev–Trinajstić information content (AvgIpc) is 2.26. The topological polar surface area (TPSA) is 39.2 Å². The van der Waals surface area contributed by atoms with Crippen LogP contribution in [0.25, 0.3) is 10.9 Å². The predicted molar refractivity (Wildman–Crippen MR) is 58.1 cm³/mol. The standard InChI is InChI=1S/C11H7ClFNO2/c1-16-11(15)7-2-3-14-9-5-6(13)4-8(12)10(7)9/h2-5H,1H3. The summed E-state index contributed by atoms with van der Waals surface area (Å²) in [4.78, 5) is 15.4. The summed E-state index contributed by atoms with van der Waals surface area (Å²) in [5.74, 6) is -1.02. The number of methoxy groups -OCH3 is 1. The van der Waals surface area contributed by atoms with E-state index in [1.54, 1.807) is 0 Å². The van der Waals surface area contributed by atoms with Gasteiger partial charge in [0.2, 0.25) is 0 Å². The van der Waals surface area contributed by atoms with Gasteiger partial charge in [0, 0.05) is 17.6 Å². The van der Waals surface area contributed by atoms with E-state index in [4.69, 9.17) is 11.6 Å². The van der Waals surface area contributed by atoms with Crippen molar-refractivity contribution in [3.63, 3.8) is 0 Å². The third-order valence-corrected chi connectivity index (χ3v) is 2.46. The normalized spacial score (nSPS) is 10.4. The molecule has 0 aliphatic carbocycles. The van der Waals surface area contributed by atoms with Crippen molar-refractivity contribution in [2.75, 3.05) is 7.11 Å². The highest BCUT2D eigenvalue weighted by Gasteiger charge is 2.14. The van der Waals surface area contributed by atoms with Gasteiger partial charge in [0.05, 0.1) is 23.2 Å². The van der Waals surface area contributed by atoms with Crippen molar-refractivity contribution in [1.29, 1.82) is 0 Å². The number of halogens is 2. The number of pyridine rings is 1. The number of hydrogen-bond donors (Lipinski definition) is 0. The first kappa shape index (κ1) is 10.8. The fraction of sp³-hybridized carbons (Fsp3) is 0.0909. The first-order valence-corrected chi connectivity index (χ1v) is 4.83. The molecule has 0 bridgehead atoms. The number of rotatable bonds is 1. The summed E-state index contributed by atoms with van der Waals surface area (Å²) in [5, 5.41) is 0.543. The minimum atomic E-state index is -0.527. The van der Waals surface area contributed by atoms with Gasteiger partial charge >= 0.3 is 5.97 Å². The zero-order chi connectivity index (χ0) is 11.7. The van der Waals surface area contributed by atoms with Gasteiger partial charge in [0.1, 0.15) is 5.82 Å². The number of benzene rings is 1. The van der Waals surface area contributed by atoms with Crippen molar-refractivity contribution in [2.45, 2.75) is 0 Å². The van der Waals surface area contributed by atoms with Crippen molar-refractivity contribution in [1.82, 2.24) is 4.98 Å². The van der Waals surface area contributed by atoms with Crippen molar-refractivity contribution in [3.8, 4) is 0 Å². The molecule has 1 heterocycles. The van der Waals surface area contributed by atoms with Crippen LogP contribution in [0.1, 0.15) is 10.4 Å². The maximum absolute atomic E-state index is 13.1. The van der Waals surface area contributed by atoms with Crippen LogP contribution in [-0.2, 0) is 4.74 Å². The van der Waals surface area contributed by atoms with E-state index in [0.717, 1.165) is 6.07 Å². The highest BCUT2D eigenvalue weighted by atomic mass is 35.5. The highest BCUT2D eigenvalue weighted by molar-refractivity contribution is 6.36. The summed E-state index contributed by atoms with van der Waals surface area (Å²) in [7, 11) is 1.27. The zero-order valence-corrected chi connectivity index (χ0v) is 9.08. The van der Waals surface area contributed by atoms with Crippen LogP contribution < -0.4 is 0 Å². The van der Waals surface area contributed by atoms with Crippen LogP contribution in [0.5, 0.6) is 0 Å². The fourth-order valence-corrected chi connectivity index (χ4v) is 1.79. The summed E-state index contributed by atoms with van der Waals surface area (Å²) in [6, 6.07) is 3.84. The molecule has 16 heavy (non-hydrogen) atoms. The molecule has 1 aromatic heterocycles. The molecular formula is C11H7ClFNO2. The summed E-state index contributed by atoms with van der Waals surface area (Å²) < 4.78 is 17.7. The van der Waals surface area contributed by atoms with E-state index in [1.807, 2.05) is 0 Å². The Hall–Kier alpha value is -1.68. The molecule has 0 aliphatic heterocycles. The summed E-state index contributed by atoms with van der Waals surface area (Å²) in [5.41, 5.74) is 0.602. The van der Waals surface area contributed by atoms with Gasteiger partial charge in [-0.1, -0.05) is 11.6 Å². The quantitative estimate of drug-likeness (QED) is 0.719. The molecule has 0 amide bonds. The molecule has 82 valence electrons. The lowest BCUT2D eigenvalue weighted by molar-refractivity contribution is 0.0603. The third kappa shape index (κ3) is 1.72. The van der Waals surface area contributed by atoms with Crippen LogP contribution in [0.3, 0.4) is 0 Å². The molecule has 0 fully saturated rings. The molecule has 2 rings (SSSR count). The predicted octanol–water partition coefficient (Wildman–Crippen LogP) is 2.81. The zero-order valence-electron chi connectivity index (χ0n) is 8.33. The van der Waals surface area contributed by atoms with Crippen molar-refractivity contribution in [3.05, 3.63) is 40.8 Å². The summed E-state index contributed by atoms with van der Waals surface area (Å²) in [6.45, 7) is 0. The second kappa shape index (κ2) is 4.06. The first-order chi connectivity index (χ1) is 7.63. The van der Waals surface area contributed by atoms with Crippen LogP contribution >= 0.6 is 11.6 Å². The maximum atomic E-state index is 13.1. The molecule has 0 saturated heterocycles. The molecule has 0 aliphatic rings. The number of fused-ring (bicyclic) bond motifs is 1. The highest BCUT2D eigenvalue weighted by Crippen LogP contribution is 2.27. The van der Waals surface area contributed by atoms with E-state index in [0.29, 0.717) is 10.9 Å². The lowest BCUT2D eigenvalue weighted by Crippen LogP contribution is -2.03. The van der Waals surface area contributed by atoms with E-state index < -0.39 is 11.8 Å². The molecule has 0 unspecified atom stereocenters. The van der Waals surface area contributed by atoms with Crippen LogP contribution in [0.4, 0.5) is 4.39 Å². The Balaban J connectivity index is 2.81. The number of aromatic nitrogens is 1. The number of nitrogens with zero attached hydrogens (tertiary/aromatic N) is 1. The van der Waals surface area contributed by atoms with Gasteiger partial charge in [-0.25, -0.2) is 9.18 Å². The second-order valence-corrected chi connectivity index (χ2v) is 3.54. The van der Waals surface area contributed by atoms with Gasteiger partial charge < -0.3 is 4.74 Å². The maximum Gasteiger partial charge on any atom is 0.338 e. The Morgan fingerprint density at radius 2 is 2.25 bits per heavy atom. The summed E-state index contributed by atoms with van der Waals surface area (Å²) in [6.07, 6.45) is 1.41. The SMILES string of the molecule is COC(=O)c1ccnc2cc(F)cc(Cl)c12. The lowest BCUT2D eigenvalue weighted by atomic mass is 10.1. The number of esters is 1. The van der Waals surface area contributed by atoms with Gasteiger partial charge in [0.25, 0.3) is 0 Å². The van der Waals surface area contributed by atoms with Gasteiger partial charge in [0.15, 0.2) is 0 Å². The van der Waals surface area contributed by atoms with E-state index in [9.17, 15) is 9.18 Å². The monoisotopic (exact) mass is 239 g/mol.